The molecule has 8 nitrogen and oxygen atoms in total. The second-order valence-corrected chi connectivity index (χ2v) is 7.13. The van der Waals surface area contributed by atoms with Crippen LogP contribution >= 0.6 is 11.8 Å². The summed E-state index contributed by atoms with van der Waals surface area (Å²) < 4.78 is 20.2. The number of carbonyl (C=O) groups excluding carboxylic acids is 1. The number of ether oxygens (including phenoxy) is 1. The summed E-state index contributed by atoms with van der Waals surface area (Å²) in [7, 11) is 0. The van der Waals surface area contributed by atoms with E-state index in [9.17, 15) is 9.18 Å². The van der Waals surface area contributed by atoms with Crippen molar-refractivity contribution in [3.8, 4) is 11.7 Å². The lowest BCUT2D eigenvalue weighted by molar-refractivity contribution is -0.136. The second kappa shape index (κ2) is 7.56. The van der Waals surface area contributed by atoms with Gasteiger partial charge in [-0.25, -0.2) is 23.8 Å². The van der Waals surface area contributed by atoms with Crippen molar-refractivity contribution in [3.05, 3.63) is 54.6 Å². The number of rotatable bonds is 2. The fraction of sp³-hybridized carbons (Fsp3) is 0.222. The lowest BCUT2D eigenvalue weighted by Crippen LogP contribution is -2.41. The van der Waals surface area contributed by atoms with Gasteiger partial charge in [-0.15, -0.1) is 16.9 Å². The Labute approximate surface area is 164 Å². The number of nitrogens with two attached hydrogens (primary N) is 1. The van der Waals surface area contributed by atoms with Gasteiger partial charge in [-0.1, -0.05) is 6.07 Å². The fourth-order valence-electron chi connectivity index (χ4n) is 2.89. The monoisotopic (exact) mass is 400 g/mol. The summed E-state index contributed by atoms with van der Waals surface area (Å²) in [6, 6.07) is 9.02. The van der Waals surface area contributed by atoms with Crippen LogP contribution in [0.3, 0.4) is 0 Å². The number of anilines is 2. The van der Waals surface area contributed by atoms with Crippen LogP contribution in [0.5, 0.6) is 5.88 Å². The van der Waals surface area contributed by atoms with Crippen molar-refractivity contribution in [2.75, 3.05) is 11.2 Å². The number of carbonyl (C=O) groups is 1. The van der Waals surface area contributed by atoms with Crippen LogP contribution in [-0.2, 0) is 4.79 Å². The summed E-state index contributed by atoms with van der Waals surface area (Å²) in [5.74, 6) is 0.749. The van der Waals surface area contributed by atoms with E-state index in [0.717, 1.165) is 6.20 Å². The normalized spacial score (nSPS) is 19.5. The van der Waals surface area contributed by atoms with Crippen molar-refractivity contribution in [3.63, 3.8) is 0 Å². The summed E-state index contributed by atoms with van der Waals surface area (Å²) in [5, 5.41) is 3.93. The Balaban J connectivity index is 1.87. The van der Waals surface area contributed by atoms with Gasteiger partial charge < -0.3 is 10.5 Å². The van der Waals surface area contributed by atoms with Crippen molar-refractivity contribution >= 4 is 29.4 Å². The highest BCUT2D eigenvalue weighted by atomic mass is 32.2. The van der Waals surface area contributed by atoms with Gasteiger partial charge >= 0.3 is 5.97 Å². The number of nitrogens with zero attached hydrogens (tertiary/aromatic N) is 5. The first kappa shape index (κ1) is 18.4. The standard InChI is InChI=1S/C18H17FN6O2S/c1-28-17-9-12(20)18(26)27-16-7-8-24(23-16)14-3-2-4-15(22-14)25(17)13-6-5-11(19)10-21-13/h2-8,10,12,17H,9,20H2,1H3. The van der Waals surface area contributed by atoms with Gasteiger partial charge in [0.25, 0.3) is 0 Å². The first-order valence-corrected chi connectivity index (χ1v) is 9.78. The Hall–Kier alpha value is -2.98. The molecule has 1 aliphatic rings. The van der Waals surface area contributed by atoms with Crippen molar-refractivity contribution in [1.82, 2.24) is 19.7 Å². The van der Waals surface area contributed by atoms with E-state index in [1.165, 1.54) is 22.5 Å². The molecule has 2 atom stereocenters. The van der Waals surface area contributed by atoms with Gasteiger partial charge in [-0.05, 0) is 30.5 Å². The van der Waals surface area contributed by atoms with E-state index in [2.05, 4.69) is 15.1 Å². The lowest BCUT2D eigenvalue weighted by atomic mass is 10.2. The Morgan fingerprint density at radius 2 is 2.04 bits per heavy atom. The largest absolute Gasteiger partial charge is 0.405 e. The Bertz CT molecular complexity index is 996. The maximum atomic E-state index is 13.4. The molecule has 0 spiro atoms. The van der Waals surface area contributed by atoms with Gasteiger partial charge in [0.1, 0.15) is 23.5 Å². The molecular weight excluding hydrogens is 383 g/mol. The van der Waals surface area contributed by atoms with Gasteiger partial charge in [-0.2, -0.15) is 0 Å². The van der Waals surface area contributed by atoms with Gasteiger partial charge in [0.2, 0.25) is 5.88 Å². The minimum Gasteiger partial charge on any atom is -0.405 e. The number of halogens is 1. The maximum Gasteiger partial charge on any atom is 0.329 e. The zero-order valence-electron chi connectivity index (χ0n) is 14.9. The number of hydrogen-bond acceptors (Lipinski definition) is 8. The number of hydrogen-bond donors (Lipinski definition) is 1. The molecule has 144 valence electrons. The molecule has 28 heavy (non-hydrogen) atoms. The SMILES string of the molecule is CSC1CC(N)C(=O)Oc2ccn(n2)-c2cccc(n2)N1c1ccc(F)cn1. The first-order chi connectivity index (χ1) is 13.5. The number of thioether (sulfide) groups is 1. The van der Waals surface area contributed by atoms with E-state index in [0.29, 0.717) is 17.5 Å². The third-order valence-electron chi connectivity index (χ3n) is 4.25. The number of aromatic nitrogens is 4. The number of esters is 1. The van der Waals surface area contributed by atoms with E-state index in [-0.39, 0.29) is 17.7 Å². The zero-order chi connectivity index (χ0) is 19.7. The summed E-state index contributed by atoms with van der Waals surface area (Å²) in [6.07, 6.45) is 4.95. The van der Waals surface area contributed by atoms with E-state index >= 15 is 0 Å². The van der Waals surface area contributed by atoms with Gasteiger partial charge in [-0.3, -0.25) is 4.90 Å². The number of fused-ring (bicyclic) bond motifs is 5. The summed E-state index contributed by atoms with van der Waals surface area (Å²) in [5.41, 5.74) is 6.09. The van der Waals surface area contributed by atoms with Crippen LogP contribution in [0.25, 0.3) is 5.82 Å². The summed E-state index contributed by atoms with van der Waals surface area (Å²) in [6.45, 7) is 0. The van der Waals surface area contributed by atoms with Crippen LogP contribution in [0.1, 0.15) is 6.42 Å². The molecule has 1 aliphatic heterocycles. The van der Waals surface area contributed by atoms with Crippen molar-refractivity contribution in [1.29, 1.82) is 0 Å². The average molecular weight is 400 g/mol. The minimum atomic E-state index is -0.881. The van der Waals surface area contributed by atoms with E-state index in [4.69, 9.17) is 10.5 Å². The van der Waals surface area contributed by atoms with Crippen LogP contribution in [0.2, 0.25) is 0 Å². The third kappa shape index (κ3) is 3.56. The van der Waals surface area contributed by atoms with Crippen LogP contribution in [0.4, 0.5) is 16.0 Å². The average Bonchev–Trinajstić information content (AvgIpc) is 3.17. The number of pyridine rings is 2. The van der Waals surface area contributed by atoms with E-state index in [1.807, 2.05) is 23.3 Å². The predicted octanol–water partition coefficient (Wildman–Crippen LogP) is 2.26. The first-order valence-electron chi connectivity index (χ1n) is 8.49. The maximum absolute atomic E-state index is 13.4. The topological polar surface area (TPSA) is 99.2 Å². The molecule has 3 aromatic heterocycles. The zero-order valence-corrected chi connectivity index (χ0v) is 15.7. The molecule has 4 rings (SSSR count). The summed E-state index contributed by atoms with van der Waals surface area (Å²) in [4.78, 5) is 23.1. The molecule has 0 radical (unpaired) electrons. The van der Waals surface area contributed by atoms with Gasteiger partial charge in [0.05, 0.1) is 11.6 Å². The van der Waals surface area contributed by atoms with Crippen LogP contribution < -0.4 is 15.4 Å². The Kier molecular flexibility index (Phi) is 4.97. The molecule has 0 aromatic carbocycles. The molecule has 2 unspecified atom stereocenters. The minimum absolute atomic E-state index is 0.158. The van der Waals surface area contributed by atoms with Crippen molar-refractivity contribution in [2.45, 2.75) is 17.8 Å². The molecule has 4 heterocycles. The highest BCUT2D eigenvalue weighted by Gasteiger charge is 2.29. The van der Waals surface area contributed by atoms with Crippen molar-refractivity contribution in [2.24, 2.45) is 5.73 Å². The van der Waals surface area contributed by atoms with Crippen LogP contribution in [0, 0.1) is 5.82 Å². The molecular formula is C18H17FN6O2S. The molecule has 0 saturated carbocycles. The molecule has 10 heteroatoms. The van der Waals surface area contributed by atoms with Crippen LogP contribution in [0.15, 0.2) is 48.8 Å². The lowest BCUT2D eigenvalue weighted by Gasteiger charge is -2.32. The third-order valence-corrected chi connectivity index (χ3v) is 5.20. The van der Waals surface area contributed by atoms with Gasteiger partial charge in [0, 0.05) is 18.7 Å². The fourth-order valence-corrected chi connectivity index (χ4v) is 3.71. The Morgan fingerprint density at radius 3 is 2.79 bits per heavy atom. The molecule has 0 fully saturated rings. The van der Waals surface area contributed by atoms with E-state index < -0.39 is 17.8 Å². The smallest absolute Gasteiger partial charge is 0.329 e. The van der Waals surface area contributed by atoms with Crippen LogP contribution in [-0.4, -0.2) is 43.4 Å². The molecule has 2 N–H and O–H groups in total. The van der Waals surface area contributed by atoms with Gasteiger partial charge in [0.15, 0.2) is 5.82 Å². The molecule has 0 saturated heterocycles. The second-order valence-electron chi connectivity index (χ2n) is 6.11. The molecule has 0 aliphatic carbocycles. The highest BCUT2D eigenvalue weighted by molar-refractivity contribution is 7.99. The van der Waals surface area contributed by atoms with Crippen molar-refractivity contribution < 1.29 is 13.9 Å². The Morgan fingerprint density at radius 1 is 1.21 bits per heavy atom. The quantitative estimate of drug-likeness (QED) is 0.654. The predicted molar refractivity (Wildman–Crippen MR) is 103 cm³/mol. The van der Waals surface area contributed by atoms with E-state index in [1.54, 1.807) is 24.4 Å². The molecule has 3 aromatic rings. The highest BCUT2D eigenvalue weighted by Crippen LogP contribution is 2.32. The molecule has 4 bridgehead atoms. The summed E-state index contributed by atoms with van der Waals surface area (Å²) >= 11 is 1.48. The molecule has 0 amide bonds.